The van der Waals surface area contributed by atoms with Crippen molar-refractivity contribution in [1.29, 1.82) is 0 Å². The molecule has 1 unspecified atom stereocenters. The number of hydrogen-bond donors (Lipinski definition) is 2. The van der Waals surface area contributed by atoms with Crippen molar-refractivity contribution in [3.8, 4) is 0 Å². The number of hydrogen-bond acceptors (Lipinski definition) is 3. The van der Waals surface area contributed by atoms with Gasteiger partial charge in [-0.3, -0.25) is 10.1 Å². The molecule has 2 N–H and O–H groups in total. The Hall–Kier alpha value is -0.610. The minimum absolute atomic E-state index is 0.0645. The van der Waals surface area contributed by atoms with Gasteiger partial charge in [-0.25, -0.2) is 0 Å². The summed E-state index contributed by atoms with van der Waals surface area (Å²) in [6, 6.07) is 0.367. The van der Waals surface area contributed by atoms with Gasteiger partial charge >= 0.3 is 5.97 Å². The van der Waals surface area contributed by atoms with E-state index in [0.717, 1.165) is 12.8 Å². The summed E-state index contributed by atoms with van der Waals surface area (Å²) in [6.45, 7) is 5.70. The lowest BCUT2D eigenvalue weighted by atomic mass is 10.0. The summed E-state index contributed by atoms with van der Waals surface area (Å²) in [5.41, 5.74) is -0.939. The average Bonchev–Trinajstić information content (AvgIpc) is 2.84. The average molecular weight is 201 g/mol. The smallest absolute Gasteiger partial charge is 0.326 e. The number of carboxylic acids is 1. The molecule has 4 nitrogen and oxygen atoms in total. The van der Waals surface area contributed by atoms with Gasteiger partial charge in [-0.15, -0.1) is 0 Å². The van der Waals surface area contributed by atoms with Crippen LogP contribution in [0.2, 0.25) is 0 Å². The molecule has 1 aliphatic carbocycles. The Kier molecular flexibility index (Phi) is 3.50. The summed E-state index contributed by atoms with van der Waals surface area (Å²) in [7, 11) is 0. The second-order valence-electron chi connectivity index (χ2n) is 4.42. The third-order valence-electron chi connectivity index (χ3n) is 2.28. The van der Waals surface area contributed by atoms with Gasteiger partial charge in [-0.2, -0.15) is 0 Å². The van der Waals surface area contributed by atoms with Crippen molar-refractivity contribution in [3.05, 3.63) is 0 Å². The molecule has 1 atom stereocenters. The lowest BCUT2D eigenvalue weighted by Crippen LogP contribution is -2.54. The van der Waals surface area contributed by atoms with Crippen molar-refractivity contribution < 1.29 is 14.6 Å². The number of rotatable bonds is 6. The van der Waals surface area contributed by atoms with E-state index in [1.165, 1.54) is 0 Å². The predicted octanol–water partition coefficient (Wildman–Crippen LogP) is 1.01. The van der Waals surface area contributed by atoms with Crippen LogP contribution in [-0.4, -0.2) is 35.4 Å². The maximum atomic E-state index is 11.1. The fourth-order valence-electron chi connectivity index (χ4n) is 1.18. The van der Waals surface area contributed by atoms with Crippen molar-refractivity contribution in [2.45, 2.75) is 51.3 Å². The van der Waals surface area contributed by atoms with Crippen molar-refractivity contribution in [2.24, 2.45) is 0 Å². The number of aliphatic carboxylic acids is 1. The number of carboxylic acid groups (broad SMARTS) is 1. The minimum Gasteiger partial charge on any atom is -0.480 e. The highest BCUT2D eigenvalue weighted by Crippen LogP contribution is 2.23. The van der Waals surface area contributed by atoms with E-state index in [-0.39, 0.29) is 12.7 Å². The van der Waals surface area contributed by atoms with Crippen LogP contribution in [0.15, 0.2) is 0 Å². The van der Waals surface area contributed by atoms with Gasteiger partial charge in [-0.1, -0.05) is 0 Å². The molecule has 0 heterocycles. The van der Waals surface area contributed by atoms with Crippen LogP contribution in [0.25, 0.3) is 0 Å². The highest BCUT2D eigenvalue weighted by atomic mass is 16.5. The van der Waals surface area contributed by atoms with Crippen LogP contribution in [0.4, 0.5) is 0 Å². The molecule has 0 aliphatic heterocycles. The monoisotopic (exact) mass is 201 g/mol. The van der Waals surface area contributed by atoms with E-state index in [0.29, 0.717) is 6.04 Å². The molecule has 14 heavy (non-hydrogen) atoms. The van der Waals surface area contributed by atoms with Crippen LogP contribution in [0, 0.1) is 0 Å². The Morgan fingerprint density at radius 2 is 2.21 bits per heavy atom. The van der Waals surface area contributed by atoms with Crippen LogP contribution in [-0.2, 0) is 9.53 Å². The van der Waals surface area contributed by atoms with Crippen LogP contribution >= 0.6 is 0 Å². The second kappa shape index (κ2) is 4.28. The van der Waals surface area contributed by atoms with E-state index in [9.17, 15) is 4.79 Å². The van der Waals surface area contributed by atoms with E-state index in [2.05, 4.69) is 5.32 Å². The third-order valence-corrected chi connectivity index (χ3v) is 2.28. The summed E-state index contributed by atoms with van der Waals surface area (Å²) in [5, 5.41) is 12.2. The van der Waals surface area contributed by atoms with Crippen LogP contribution < -0.4 is 5.32 Å². The van der Waals surface area contributed by atoms with Gasteiger partial charge in [0.25, 0.3) is 0 Å². The van der Waals surface area contributed by atoms with Crippen LogP contribution in [0.5, 0.6) is 0 Å². The molecule has 0 saturated heterocycles. The van der Waals surface area contributed by atoms with Crippen LogP contribution in [0.3, 0.4) is 0 Å². The summed E-state index contributed by atoms with van der Waals surface area (Å²) >= 11 is 0. The molecular weight excluding hydrogens is 182 g/mol. The lowest BCUT2D eigenvalue weighted by molar-refractivity contribution is -0.147. The largest absolute Gasteiger partial charge is 0.480 e. The first kappa shape index (κ1) is 11.5. The molecule has 0 radical (unpaired) electrons. The topological polar surface area (TPSA) is 58.6 Å². The normalized spacial score (nSPS) is 20.9. The molecule has 0 aromatic heterocycles. The van der Waals surface area contributed by atoms with Crippen molar-refractivity contribution in [1.82, 2.24) is 5.32 Å². The molecule has 0 aromatic carbocycles. The Balaban J connectivity index is 2.46. The number of carbonyl (C=O) groups is 1. The molecule has 1 saturated carbocycles. The molecule has 4 heteroatoms. The summed E-state index contributed by atoms with van der Waals surface area (Å²) in [6.07, 6.45) is 2.21. The highest BCUT2D eigenvalue weighted by Gasteiger charge is 2.38. The molecule has 0 spiro atoms. The number of ether oxygens (including phenoxy) is 1. The fraction of sp³-hybridized carbons (Fsp3) is 0.900. The van der Waals surface area contributed by atoms with Gasteiger partial charge in [-0.05, 0) is 33.6 Å². The molecule has 0 amide bonds. The predicted molar refractivity (Wildman–Crippen MR) is 53.3 cm³/mol. The number of nitrogens with one attached hydrogen (secondary N) is 1. The van der Waals surface area contributed by atoms with Gasteiger partial charge in [0.15, 0.2) is 0 Å². The van der Waals surface area contributed by atoms with Gasteiger partial charge < -0.3 is 9.84 Å². The zero-order chi connectivity index (χ0) is 10.8. The van der Waals surface area contributed by atoms with E-state index < -0.39 is 11.5 Å². The van der Waals surface area contributed by atoms with E-state index >= 15 is 0 Å². The van der Waals surface area contributed by atoms with Gasteiger partial charge in [0.05, 0.1) is 12.7 Å². The molecule has 1 aliphatic rings. The van der Waals surface area contributed by atoms with Gasteiger partial charge in [0.2, 0.25) is 0 Å². The summed E-state index contributed by atoms with van der Waals surface area (Å²) in [5.74, 6) is -0.843. The fourth-order valence-corrected chi connectivity index (χ4v) is 1.18. The van der Waals surface area contributed by atoms with Crippen molar-refractivity contribution in [3.63, 3.8) is 0 Å². The maximum absolute atomic E-state index is 11.1. The Morgan fingerprint density at radius 3 is 2.57 bits per heavy atom. The van der Waals surface area contributed by atoms with Crippen LogP contribution in [0.1, 0.15) is 33.6 Å². The van der Waals surface area contributed by atoms with Crippen molar-refractivity contribution in [2.75, 3.05) is 6.61 Å². The first-order valence-electron chi connectivity index (χ1n) is 5.07. The summed E-state index contributed by atoms with van der Waals surface area (Å²) in [4.78, 5) is 11.1. The molecule has 0 aromatic rings. The SMILES string of the molecule is CC(C)OCC(C)(NC1CC1)C(=O)O. The zero-order valence-corrected chi connectivity index (χ0v) is 9.04. The highest BCUT2D eigenvalue weighted by molar-refractivity contribution is 5.78. The Labute approximate surface area is 84.6 Å². The summed E-state index contributed by atoms with van der Waals surface area (Å²) < 4.78 is 5.35. The van der Waals surface area contributed by atoms with Crippen molar-refractivity contribution >= 4 is 5.97 Å². The zero-order valence-electron chi connectivity index (χ0n) is 9.04. The first-order chi connectivity index (χ1) is 6.44. The Morgan fingerprint density at radius 1 is 1.64 bits per heavy atom. The van der Waals surface area contributed by atoms with E-state index in [4.69, 9.17) is 9.84 Å². The van der Waals surface area contributed by atoms with Gasteiger partial charge in [0.1, 0.15) is 5.54 Å². The molecule has 1 fully saturated rings. The minimum atomic E-state index is -0.939. The molecular formula is C10H19NO3. The standard InChI is InChI=1S/C10H19NO3/c1-7(2)14-6-10(3,9(12)13)11-8-4-5-8/h7-8,11H,4-6H2,1-3H3,(H,12,13). The quantitative estimate of drug-likeness (QED) is 0.673. The maximum Gasteiger partial charge on any atom is 0.326 e. The Bertz CT molecular complexity index is 213. The molecule has 82 valence electrons. The second-order valence-corrected chi connectivity index (χ2v) is 4.42. The van der Waals surface area contributed by atoms with E-state index in [1.54, 1.807) is 6.92 Å². The molecule has 0 bridgehead atoms. The van der Waals surface area contributed by atoms with Gasteiger partial charge in [0, 0.05) is 6.04 Å². The lowest BCUT2D eigenvalue weighted by Gasteiger charge is -2.27. The molecule has 1 rings (SSSR count). The first-order valence-corrected chi connectivity index (χ1v) is 5.07. The third kappa shape index (κ3) is 3.27. The van der Waals surface area contributed by atoms with E-state index in [1.807, 2.05) is 13.8 Å².